The Morgan fingerprint density at radius 1 is 1.21 bits per heavy atom. The van der Waals surface area contributed by atoms with Crippen LogP contribution in [0.25, 0.3) is 0 Å². The molecule has 2 heteroatoms. The van der Waals surface area contributed by atoms with Gasteiger partial charge in [0.2, 0.25) is 0 Å². The Bertz CT molecular complexity index is 254. The summed E-state index contributed by atoms with van der Waals surface area (Å²) in [6, 6.07) is 9.38. The van der Waals surface area contributed by atoms with E-state index in [0.29, 0.717) is 6.04 Å². The molecule has 0 aromatic heterocycles. The maximum absolute atomic E-state index is 3.39. The van der Waals surface area contributed by atoms with Gasteiger partial charge in [0.05, 0.1) is 0 Å². The lowest BCUT2D eigenvalue weighted by atomic mass is 10.2. The molecule has 0 heterocycles. The van der Waals surface area contributed by atoms with E-state index < -0.39 is 0 Å². The summed E-state index contributed by atoms with van der Waals surface area (Å²) in [5.41, 5.74) is 1.41. The van der Waals surface area contributed by atoms with E-state index in [1.165, 1.54) is 10.5 Å². The van der Waals surface area contributed by atoms with Crippen LogP contribution in [0.1, 0.15) is 26.3 Å². The van der Waals surface area contributed by atoms with Crippen molar-refractivity contribution in [2.75, 3.05) is 5.88 Å². The summed E-state index contributed by atoms with van der Waals surface area (Å²) in [7, 11) is 0. The summed E-state index contributed by atoms with van der Waals surface area (Å²) >= 11 is 1.86. The van der Waals surface area contributed by atoms with E-state index in [1.54, 1.807) is 0 Å². The molecule has 1 aromatic rings. The minimum Gasteiger partial charge on any atom is -0.305 e. The van der Waals surface area contributed by atoms with Gasteiger partial charge in [-0.3, -0.25) is 0 Å². The molecule has 0 atom stereocenters. The van der Waals surface area contributed by atoms with E-state index in [4.69, 9.17) is 0 Å². The first-order valence-electron chi connectivity index (χ1n) is 5.17. The van der Waals surface area contributed by atoms with Gasteiger partial charge < -0.3 is 5.32 Å². The van der Waals surface area contributed by atoms with Gasteiger partial charge >= 0.3 is 0 Å². The molecule has 0 aliphatic carbocycles. The van der Waals surface area contributed by atoms with Crippen LogP contribution in [-0.2, 0) is 6.42 Å². The molecule has 1 N–H and O–H groups in total. The van der Waals surface area contributed by atoms with Gasteiger partial charge in [0.25, 0.3) is 0 Å². The van der Waals surface area contributed by atoms with E-state index in [2.05, 4.69) is 50.4 Å². The van der Waals surface area contributed by atoms with Crippen LogP contribution in [0.15, 0.2) is 29.2 Å². The predicted octanol–water partition coefficient (Wildman–Crippen LogP) is 3.30. The fourth-order valence-corrected chi connectivity index (χ4v) is 2.02. The third-order valence-electron chi connectivity index (χ3n) is 2.06. The summed E-state index contributed by atoms with van der Waals surface area (Å²) in [6.07, 6.45) is 1.12. The Balaban J connectivity index is 2.36. The number of thioether (sulfide) groups is 1. The number of hydrogen-bond acceptors (Lipinski definition) is 2. The Morgan fingerprint density at radius 2 is 1.86 bits per heavy atom. The minimum absolute atomic E-state index is 0.567. The van der Waals surface area contributed by atoms with Crippen molar-refractivity contribution >= 4 is 11.8 Å². The van der Waals surface area contributed by atoms with Crippen LogP contribution in [0.4, 0.5) is 0 Å². The molecule has 0 radical (unpaired) electrons. The monoisotopic (exact) mass is 209 g/mol. The van der Waals surface area contributed by atoms with Crippen molar-refractivity contribution in [2.24, 2.45) is 0 Å². The van der Waals surface area contributed by atoms with Crippen LogP contribution in [-0.4, -0.2) is 11.9 Å². The van der Waals surface area contributed by atoms with Crippen LogP contribution < -0.4 is 5.32 Å². The smallest absolute Gasteiger partial charge is 0.0467 e. The Morgan fingerprint density at radius 3 is 2.36 bits per heavy atom. The highest BCUT2D eigenvalue weighted by atomic mass is 32.2. The minimum atomic E-state index is 0.567. The second-order valence-electron chi connectivity index (χ2n) is 3.65. The molecular formula is C12H19NS. The van der Waals surface area contributed by atoms with Crippen molar-refractivity contribution in [2.45, 2.75) is 38.1 Å². The zero-order valence-corrected chi connectivity index (χ0v) is 10.0. The molecule has 1 nitrogen and oxygen atoms in total. The Hall–Kier alpha value is -0.470. The van der Waals surface area contributed by atoms with E-state index in [1.807, 2.05) is 11.8 Å². The van der Waals surface area contributed by atoms with Gasteiger partial charge in [-0.1, -0.05) is 32.9 Å². The van der Waals surface area contributed by atoms with E-state index >= 15 is 0 Å². The van der Waals surface area contributed by atoms with Crippen LogP contribution in [0.5, 0.6) is 0 Å². The van der Waals surface area contributed by atoms with Gasteiger partial charge in [-0.15, -0.1) is 11.8 Å². The molecular weight excluding hydrogens is 190 g/mol. The molecule has 0 fully saturated rings. The van der Waals surface area contributed by atoms with Crippen LogP contribution >= 0.6 is 11.8 Å². The SMILES string of the molecule is CCc1ccc(SCNC(C)C)cc1. The molecule has 0 saturated heterocycles. The molecule has 1 aromatic carbocycles. The third-order valence-corrected chi connectivity index (χ3v) is 2.98. The summed E-state index contributed by atoms with van der Waals surface area (Å²) < 4.78 is 0. The summed E-state index contributed by atoms with van der Waals surface area (Å²) in [6.45, 7) is 6.52. The predicted molar refractivity (Wildman–Crippen MR) is 64.8 cm³/mol. The first-order valence-corrected chi connectivity index (χ1v) is 6.16. The molecule has 0 unspecified atom stereocenters. The van der Waals surface area contributed by atoms with Crippen molar-refractivity contribution in [1.29, 1.82) is 0 Å². The van der Waals surface area contributed by atoms with E-state index in [0.717, 1.165) is 12.3 Å². The molecule has 0 aliphatic rings. The number of aryl methyl sites for hydroxylation is 1. The first-order chi connectivity index (χ1) is 6.72. The Labute approximate surface area is 91.3 Å². The second kappa shape index (κ2) is 6.10. The maximum atomic E-state index is 3.39. The topological polar surface area (TPSA) is 12.0 Å². The summed E-state index contributed by atoms with van der Waals surface area (Å²) in [4.78, 5) is 1.34. The third kappa shape index (κ3) is 4.16. The maximum Gasteiger partial charge on any atom is 0.0467 e. The van der Waals surface area contributed by atoms with E-state index in [-0.39, 0.29) is 0 Å². The molecule has 78 valence electrons. The van der Waals surface area contributed by atoms with Crippen molar-refractivity contribution in [3.8, 4) is 0 Å². The largest absolute Gasteiger partial charge is 0.305 e. The second-order valence-corrected chi connectivity index (χ2v) is 4.69. The van der Waals surface area contributed by atoms with Gasteiger partial charge in [0, 0.05) is 16.8 Å². The lowest BCUT2D eigenvalue weighted by Gasteiger charge is -2.07. The van der Waals surface area contributed by atoms with E-state index in [9.17, 15) is 0 Å². The van der Waals surface area contributed by atoms with Crippen molar-refractivity contribution in [3.63, 3.8) is 0 Å². The van der Waals surface area contributed by atoms with Crippen LogP contribution in [0, 0.1) is 0 Å². The van der Waals surface area contributed by atoms with Crippen molar-refractivity contribution < 1.29 is 0 Å². The van der Waals surface area contributed by atoms with Crippen molar-refractivity contribution in [3.05, 3.63) is 29.8 Å². The van der Waals surface area contributed by atoms with Crippen LogP contribution in [0.3, 0.4) is 0 Å². The number of rotatable bonds is 5. The average Bonchev–Trinajstić information content (AvgIpc) is 2.18. The van der Waals surface area contributed by atoms with Gasteiger partial charge in [-0.2, -0.15) is 0 Å². The molecule has 14 heavy (non-hydrogen) atoms. The van der Waals surface area contributed by atoms with Gasteiger partial charge in [-0.25, -0.2) is 0 Å². The lowest BCUT2D eigenvalue weighted by Crippen LogP contribution is -2.21. The van der Waals surface area contributed by atoms with Gasteiger partial charge in [-0.05, 0) is 24.1 Å². The molecule has 0 spiro atoms. The average molecular weight is 209 g/mol. The zero-order chi connectivity index (χ0) is 10.4. The molecule has 1 rings (SSSR count). The fourth-order valence-electron chi connectivity index (χ4n) is 1.11. The van der Waals surface area contributed by atoms with Crippen LogP contribution in [0.2, 0.25) is 0 Å². The first kappa shape index (κ1) is 11.6. The highest BCUT2D eigenvalue weighted by Gasteiger charge is 1.95. The Kier molecular flexibility index (Phi) is 5.05. The normalized spacial score (nSPS) is 10.9. The number of benzene rings is 1. The number of hydrogen-bond donors (Lipinski definition) is 1. The standard InChI is InChI=1S/C12H19NS/c1-4-11-5-7-12(8-6-11)14-9-13-10(2)3/h5-8,10,13H,4,9H2,1-3H3. The fraction of sp³-hybridized carbons (Fsp3) is 0.500. The van der Waals surface area contributed by atoms with Crippen molar-refractivity contribution in [1.82, 2.24) is 5.32 Å². The van der Waals surface area contributed by atoms with Gasteiger partial charge in [0.1, 0.15) is 0 Å². The summed E-state index contributed by atoms with van der Waals surface area (Å²) in [5, 5.41) is 3.39. The molecule has 0 saturated carbocycles. The van der Waals surface area contributed by atoms with Gasteiger partial charge in [0.15, 0.2) is 0 Å². The quantitative estimate of drug-likeness (QED) is 0.590. The lowest BCUT2D eigenvalue weighted by molar-refractivity contribution is 0.654. The number of nitrogens with one attached hydrogen (secondary N) is 1. The highest BCUT2D eigenvalue weighted by Crippen LogP contribution is 2.17. The summed E-state index contributed by atoms with van der Waals surface area (Å²) in [5.74, 6) is 0.989. The molecule has 0 bridgehead atoms. The molecule has 0 amide bonds. The zero-order valence-electron chi connectivity index (χ0n) is 9.21. The highest BCUT2D eigenvalue weighted by molar-refractivity contribution is 7.99. The molecule has 0 aliphatic heterocycles.